The molecule has 0 N–H and O–H groups in total. The van der Waals surface area contributed by atoms with E-state index in [1.54, 1.807) is 18.4 Å². The molecule has 0 aliphatic carbocycles. The molecule has 20 heavy (non-hydrogen) atoms. The number of methoxy groups -OCH3 is 1. The Morgan fingerprint density at radius 2 is 2.15 bits per heavy atom. The average molecular weight is 354 g/mol. The van der Waals surface area contributed by atoms with Crippen molar-refractivity contribution in [2.75, 3.05) is 20.3 Å². The Balaban J connectivity index is 2.17. The van der Waals surface area contributed by atoms with Crippen LogP contribution < -0.4 is 0 Å². The number of halogens is 1. The van der Waals surface area contributed by atoms with Crippen LogP contribution in [0.4, 0.5) is 0 Å². The van der Waals surface area contributed by atoms with E-state index < -0.39 is 0 Å². The van der Waals surface area contributed by atoms with Crippen LogP contribution in [-0.4, -0.2) is 31.1 Å². The van der Waals surface area contributed by atoms with Gasteiger partial charge in [-0.3, -0.25) is 4.79 Å². The lowest BCUT2D eigenvalue weighted by molar-refractivity contribution is 0.0680. The average Bonchev–Trinajstić information content (AvgIpc) is 2.96. The summed E-state index contributed by atoms with van der Waals surface area (Å²) in [4.78, 5) is 14.5. The molecule has 0 aliphatic rings. The van der Waals surface area contributed by atoms with Gasteiger partial charge < -0.3 is 9.64 Å². The molecule has 3 nitrogen and oxygen atoms in total. The second-order valence-corrected chi connectivity index (χ2v) is 5.97. The minimum absolute atomic E-state index is 0.0146. The smallest absolute Gasteiger partial charge is 0.255 e. The van der Waals surface area contributed by atoms with Crippen LogP contribution in [0, 0.1) is 0 Å². The zero-order chi connectivity index (χ0) is 14.4. The third kappa shape index (κ3) is 3.91. The summed E-state index contributed by atoms with van der Waals surface area (Å²) in [5.41, 5.74) is 1.82. The van der Waals surface area contributed by atoms with Gasteiger partial charge in [-0.2, -0.15) is 11.3 Å². The molecule has 0 saturated carbocycles. The monoisotopic (exact) mass is 353 g/mol. The Bertz CT molecular complexity index is 557. The highest BCUT2D eigenvalue weighted by Crippen LogP contribution is 2.19. The lowest BCUT2D eigenvalue weighted by Crippen LogP contribution is -2.33. The van der Waals surface area contributed by atoms with E-state index in [1.165, 1.54) is 0 Å². The van der Waals surface area contributed by atoms with Gasteiger partial charge in [0.1, 0.15) is 0 Å². The van der Waals surface area contributed by atoms with Crippen molar-refractivity contribution in [3.8, 4) is 0 Å². The molecule has 2 rings (SSSR count). The molecule has 0 spiro atoms. The molecule has 0 fully saturated rings. The van der Waals surface area contributed by atoms with Gasteiger partial charge in [0.2, 0.25) is 0 Å². The summed E-state index contributed by atoms with van der Waals surface area (Å²) < 4.78 is 5.92. The molecule has 1 aromatic heterocycles. The van der Waals surface area contributed by atoms with Gasteiger partial charge in [-0.25, -0.2) is 0 Å². The zero-order valence-corrected chi connectivity index (χ0v) is 13.6. The van der Waals surface area contributed by atoms with Gasteiger partial charge >= 0.3 is 0 Å². The normalized spacial score (nSPS) is 10.5. The number of amides is 1. The summed E-state index contributed by atoms with van der Waals surface area (Å²) in [5, 5.41) is 4.08. The van der Waals surface area contributed by atoms with E-state index in [0.717, 1.165) is 10.0 Å². The molecular formula is C15H16BrNO2S. The van der Waals surface area contributed by atoms with Gasteiger partial charge in [0.15, 0.2) is 0 Å². The van der Waals surface area contributed by atoms with Gasteiger partial charge in [0.25, 0.3) is 5.91 Å². The van der Waals surface area contributed by atoms with Crippen LogP contribution in [0.15, 0.2) is 45.6 Å². The highest BCUT2D eigenvalue weighted by Gasteiger charge is 2.18. The van der Waals surface area contributed by atoms with Crippen molar-refractivity contribution in [3.05, 3.63) is 56.7 Å². The first-order valence-corrected chi connectivity index (χ1v) is 7.99. The predicted octanol–water partition coefficient (Wildman–Crippen LogP) is 3.80. The van der Waals surface area contributed by atoms with Crippen molar-refractivity contribution >= 4 is 33.2 Å². The predicted molar refractivity (Wildman–Crippen MR) is 85.1 cm³/mol. The van der Waals surface area contributed by atoms with Crippen molar-refractivity contribution in [2.45, 2.75) is 6.54 Å². The SMILES string of the molecule is COCCN(Cc1ccsc1)C(=O)c1ccccc1Br. The van der Waals surface area contributed by atoms with E-state index in [-0.39, 0.29) is 5.91 Å². The van der Waals surface area contributed by atoms with Gasteiger partial charge in [-0.15, -0.1) is 0 Å². The van der Waals surface area contributed by atoms with E-state index >= 15 is 0 Å². The highest BCUT2D eigenvalue weighted by molar-refractivity contribution is 9.10. The van der Waals surface area contributed by atoms with Crippen LogP contribution in [0.5, 0.6) is 0 Å². The minimum atomic E-state index is 0.0146. The Hall–Kier alpha value is -1.17. The lowest BCUT2D eigenvalue weighted by atomic mass is 10.2. The molecule has 0 unspecified atom stereocenters. The van der Waals surface area contributed by atoms with Crippen molar-refractivity contribution in [1.29, 1.82) is 0 Å². The topological polar surface area (TPSA) is 29.5 Å². The molecular weight excluding hydrogens is 338 g/mol. The second-order valence-electron chi connectivity index (χ2n) is 4.33. The van der Waals surface area contributed by atoms with E-state index in [0.29, 0.717) is 25.3 Å². The van der Waals surface area contributed by atoms with Gasteiger partial charge in [-0.1, -0.05) is 12.1 Å². The van der Waals surface area contributed by atoms with E-state index in [9.17, 15) is 4.79 Å². The largest absolute Gasteiger partial charge is 0.383 e. The number of benzene rings is 1. The molecule has 0 saturated heterocycles. The van der Waals surface area contributed by atoms with Crippen molar-refractivity contribution in [2.24, 2.45) is 0 Å². The second kappa shape index (κ2) is 7.57. The summed E-state index contributed by atoms with van der Waals surface area (Å²) in [7, 11) is 1.64. The van der Waals surface area contributed by atoms with E-state index in [2.05, 4.69) is 21.3 Å². The maximum absolute atomic E-state index is 12.6. The molecule has 0 radical (unpaired) electrons. The van der Waals surface area contributed by atoms with Crippen molar-refractivity contribution < 1.29 is 9.53 Å². The van der Waals surface area contributed by atoms with Crippen LogP contribution in [0.1, 0.15) is 15.9 Å². The van der Waals surface area contributed by atoms with Crippen molar-refractivity contribution in [1.82, 2.24) is 4.90 Å². The Morgan fingerprint density at radius 3 is 2.80 bits per heavy atom. The molecule has 0 bridgehead atoms. The summed E-state index contributed by atoms with van der Waals surface area (Å²) in [5.74, 6) is 0.0146. The van der Waals surface area contributed by atoms with Gasteiger partial charge in [0, 0.05) is 24.7 Å². The number of thiophene rings is 1. The standard InChI is InChI=1S/C15H16BrNO2S/c1-19-8-7-17(10-12-6-9-20-11-12)15(18)13-4-2-3-5-14(13)16/h2-6,9,11H,7-8,10H2,1H3. The third-order valence-electron chi connectivity index (χ3n) is 2.91. The van der Waals surface area contributed by atoms with Crippen LogP contribution in [0.3, 0.4) is 0 Å². The first kappa shape index (κ1) is 15.2. The first-order valence-electron chi connectivity index (χ1n) is 6.26. The number of ether oxygens (including phenoxy) is 1. The molecule has 1 aromatic carbocycles. The summed E-state index contributed by atoms with van der Waals surface area (Å²) in [6.07, 6.45) is 0. The number of hydrogen-bond acceptors (Lipinski definition) is 3. The third-order valence-corrected chi connectivity index (χ3v) is 4.33. The van der Waals surface area contributed by atoms with E-state index in [4.69, 9.17) is 4.74 Å². The fourth-order valence-corrected chi connectivity index (χ4v) is 2.98. The molecule has 2 aromatic rings. The number of hydrogen-bond donors (Lipinski definition) is 0. The summed E-state index contributed by atoms with van der Waals surface area (Å²) in [6, 6.07) is 9.53. The van der Waals surface area contributed by atoms with E-state index in [1.807, 2.05) is 40.6 Å². The number of nitrogens with zero attached hydrogens (tertiary/aromatic N) is 1. The fraction of sp³-hybridized carbons (Fsp3) is 0.267. The lowest BCUT2D eigenvalue weighted by Gasteiger charge is -2.22. The molecule has 0 atom stereocenters. The van der Waals surface area contributed by atoms with Crippen LogP contribution in [0.25, 0.3) is 0 Å². The summed E-state index contributed by atoms with van der Waals surface area (Å²) in [6.45, 7) is 1.71. The van der Waals surface area contributed by atoms with Crippen LogP contribution >= 0.6 is 27.3 Å². The molecule has 1 amide bonds. The molecule has 106 valence electrons. The molecule has 1 heterocycles. The zero-order valence-electron chi connectivity index (χ0n) is 11.2. The van der Waals surface area contributed by atoms with Crippen LogP contribution in [-0.2, 0) is 11.3 Å². The summed E-state index contributed by atoms with van der Waals surface area (Å²) >= 11 is 5.07. The number of carbonyl (C=O) groups excluding carboxylic acids is 1. The molecule has 5 heteroatoms. The van der Waals surface area contributed by atoms with Crippen LogP contribution in [0.2, 0.25) is 0 Å². The minimum Gasteiger partial charge on any atom is -0.383 e. The number of rotatable bonds is 6. The maximum atomic E-state index is 12.6. The number of carbonyl (C=O) groups is 1. The van der Waals surface area contributed by atoms with Gasteiger partial charge in [-0.05, 0) is 50.5 Å². The Morgan fingerprint density at radius 1 is 1.35 bits per heavy atom. The Labute approximate surface area is 131 Å². The fourth-order valence-electron chi connectivity index (χ4n) is 1.86. The quantitative estimate of drug-likeness (QED) is 0.790. The Kier molecular flexibility index (Phi) is 5.76. The van der Waals surface area contributed by atoms with Gasteiger partial charge in [0.05, 0.1) is 12.2 Å². The molecule has 0 aliphatic heterocycles. The van der Waals surface area contributed by atoms with Crippen molar-refractivity contribution in [3.63, 3.8) is 0 Å². The maximum Gasteiger partial charge on any atom is 0.255 e. The first-order chi connectivity index (χ1) is 9.72. The highest BCUT2D eigenvalue weighted by atomic mass is 79.9.